The van der Waals surface area contributed by atoms with Crippen molar-refractivity contribution in [1.29, 1.82) is 0 Å². The first-order valence-corrected chi connectivity index (χ1v) is 7.77. The van der Waals surface area contributed by atoms with Crippen LogP contribution < -0.4 is 10.5 Å². The Labute approximate surface area is 121 Å². The summed E-state index contributed by atoms with van der Waals surface area (Å²) in [6.45, 7) is 5.81. The van der Waals surface area contributed by atoms with Crippen LogP contribution in [-0.2, 0) is 10.2 Å². The number of hydrogen-bond acceptors (Lipinski definition) is 3. The number of nitrogens with zero attached hydrogens (tertiary/aromatic N) is 1. The van der Waals surface area contributed by atoms with Gasteiger partial charge in [-0.3, -0.25) is 4.72 Å². The zero-order valence-corrected chi connectivity index (χ0v) is 13.1. The lowest BCUT2D eigenvalue weighted by Gasteiger charge is -2.21. The molecule has 110 valence electrons. The fraction of sp³-hybridized carbons (Fsp3) is 0.429. The summed E-state index contributed by atoms with van der Waals surface area (Å²) in [4.78, 5) is 0. The first-order chi connectivity index (χ1) is 9.27. The van der Waals surface area contributed by atoms with E-state index in [4.69, 9.17) is 5.73 Å². The van der Waals surface area contributed by atoms with Crippen LogP contribution in [0.2, 0.25) is 0 Å². The molecule has 6 heteroatoms. The van der Waals surface area contributed by atoms with Gasteiger partial charge in [0.05, 0.1) is 12.2 Å². The highest BCUT2D eigenvalue weighted by atomic mass is 32.2. The van der Waals surface area contributed by atoms with E-state index in [-0.39, 0.29) is 12.6 Å². The second-order valence-electron chi connectivity index (χ2n) is 4.75. The van der Waals surface area contributed by atoms with Crippen LogP contribution in [0.5, 0.6) is 0 Å². The van der Waals surface area contributed by atoms with E-state index in [2.05, 4.69) is 16.6 Å². The Morgan fingerprint density at radius 1 is 1.40 bits per heavy atom. The summed E-state index contributed by atoms with van der Waals surface area (Å²) in [7, 11) is -2.01. The van der Waals surface area contributed by atoms with Crippen molar-refractivity contribution >= 4 is 15.9 Å². The topological polar surface area (TPSA) is 75.4 Å². The molecule has 0 heterocycles. The summed E-state index contributed by atoms with van der Waals surface area (Å²) >= 11 is 0. The van der Waals surface area contributed by atoms with E-state index in [1.165, 1.54) is 11.4 Å². The van der Waals surface area contributed by atoms with Gasteiger partial charge in [-0.25, -0.2) is 0 Å². The monoisotopic (exact) mass is 295 g/mol. The van der Waals surface area contributed by atoms with E-state index >= 15 is 0 Å². The van der Waals surface area contributed by atoms with E-state index in [1.54, 1.807) is 12.1 Å². The molecule has 1 rings (SSSR count). The lowest BCUT2D eigenvalue weighted by molar-refractivity contribution is 0.414. The van der Waals surface area contributed by atoms with Crippen molar-refractivity contribution < 1.29 is 8.42 Å². The minimum absolute atomic E-state index is 0.116. The molecule has 0 spiro atoms. The van der Waals surface area contributed by atoms with Gasteiger partial charge in [-0.05, 0) is 38.5 Å². The van der Waals surface area contributed by atoms with Crippen molar-refractivity contribution in [2.45, 2.75) is 26.8 Å². The summed E-state index contributed by atoms with van der Waals surface area (Å²) in [6, 6.07) is 5.14. The molecule has 0 fully saturated rings. The molecular weight excluding hydrogens is 274 g/mol. The van der Waals surface area contributed by atoms with E-state index in [0.717, 1.165) is 11.1 Å². The molecule has 1 aromatic carbocycles. The van der Waals surface area contributed by atoms with Gasteiger partial charge in [0.15, 0.2) is 0 Å². The first-order valence-electron chi connectivity index (χ1n) is 6.33. The number of nitrogens with one attached hydrogen (secondary N) is 1. The molecule has 0 saturated heterocycles. The van der Waals surface area contributed by atoms with E-state index in [0.29, 0.717) is 5.69 Å². The molecule has 0 atom stereocenters. The predicted octanol–water partition coefficient (Wildman–Crippen LogP) is 1.30. The van der Waals surface area contributed by atoms with Gasteiger partial charge in [0.2, 0.25) is 0 Å². The molecule has 0 bridgehead atoms. The Hall–Kier alpha value is -1.55. The van der Waals surface area contributed by atoms with Crippen molar-refractivity contribution in [3.8, 4) is 11.8 Å². The van der Waals surface area contributed by atoms with Crippen LogP contribution in [0.3, 0.4) is 0 Å². The third kappa shape index (κ3) is 4.23. The molecule has 0 aliphatic heterocycles. The van der Waals surface area contributed by atoms with E-state index in [1.807, 2.05) is 26.8 Å². The predicted molar refractivity (Wildman–Crippen MR) is 82.6 cm³/mol. The Bertz CT molecular complexity index is 628. The first kappa shape index (κ1) is 16.5. The van der Waals surface area contributed by atoms with Crippen molar-refractivity contribution in [2.75, 3.05) is 18.3 Å². The fourth-order valence-corrected chi connectivity index (χ4v) is 2.59. The average Bonchev–Trinajstić information content (AvgIpc) is 2.38. The van der Waals surface area contributed by atoms with E-state index < -0.39 is 10.2 Å². The van der Waals surface area contributed by atoms with Crippen molar-refractivity contribution in [1.82, 2.24) is 4.31 Å². The molecule has 0 amide bonds. The molecule has 1 aromatic rings. The lowest BCUT2D eigenvalue weighted by Crippen LogP contribution is -2.37. The van der Waals surface area contributed by atoms with Crippen LogP contribution in [0, 0.1) is 18.8 Å². The highest BCUT2D eigenvalue weighted by molar-refractivity contribution is 7.90. The SMILES string of the molecule is Cc1ccc(NS(=O)(=O)N(C)C(C)C)cc1C#CCN. The number of aryl methyl sites for hydroxylation is 1. The quantitative estimate of drug-likeness (QED) is 0.822. The van der Waals surface area contributed by atoms with Gasteiger partial charge in [-0.2, -0.15) is 12.7 Å². The zero-order valence-electron chi connectivity index (χ0n) is 12.3. The summed E-state index contributed by atoms with van der Waals surface area (Å²) in [5.41, 5.74) is 7.58. The van der Waals surface area contributed by atoms with Gasteiger partial charge in [-0.1, -0.05) is 17.9 Å². The number of hydrogen-bond donors (Lipinski definition) is 2. The molecule has 0 radical (unpaired) electrons. The highest BCUT2D eigenvalue weighted by Crippen LogP contribution is 2.17. The summed E-state index contributed by atoms with van der Waals surface area (Å²) < 4.78 is 28.0. The summed E-state index contributed by atoms with van der Waals surface area (Å²) in [6.07, 6.45) is 0. The normalized spacial score (nSPS) is 11.3. The van der Waals surface area contributed by atoms with Crippen molar-refractivity contribution in [2.24, 2.45) is 5.73 Å². The van der Waals surface area contributed by atoms with Gasteiger partial charge in [0.25, 0.3) is 0 Å². The Morgan fingerprint density at radius 2 is 2.05 bits per heavy atom. The second-order valence-corrected chi connectivity index (χ2v) is 6.48. The van der Waals surface area contributed by atoms with E-state index in [9.17, 15) is 8.42 Å². The standard InChI is InChI=1S/C14H21N3O2S/c1-11(2)17(4)20(18,19)16-14-8-7-12(3)13(10-14)6-5-9-15/h7-8,10-11,16H,9,15H2,1-4H3. The molecule has 0 aliphatic carbocycles. The minimum Gasteiger partial charge on any atom is -0.320 e. The molecule has 0 aliphatic rings. The molecular formula is C14H21N3O2S. The maximum atomic E-state index is 12.1. The number of anilines is 1. The molecule has 5 nitrogen and oxygen atoms in total. The van der Waals surface area contributed by atoms with Crippen LogP contribution in [0.1, 0.15) is 25.0 Å². The van der Waals surface area contributed by atoms with Gasteiger partial charge < -0.3 is 5.73 Å². The zero-order chi connectivity index (χ0) is 15.3. The maximum absolute atomic E-state index is 12.1. The van der Waals surface area contributed by atoms with Crippen molar-refractivity contribution in [3.63, 3.8) is 0 Å². The van der Waals surface area contributed by atoms with Gasteiger partial charge in [0, 0.05) is 18.7 Å². The number of benzene rings is 1. The largest absolute Gasteiger partial charge is 0.320 e. The Morgan fingerprint density at radius 3 is 2.60 bits per heavy atom. The van der Waals surface area contributed by atoms with Crippen LogP contribution in [-0.4, -0.2) is 32.4 Å². The summed E-state index contributed by atoms with van der Waals surface area (Å²) in [5, 5.41) is 0. The van der Waals surface area contributed by atoms with Crippen LogP contribution in [0.25, 0.3) is 0 Å². The molecule has 3 N–H and O–H groups in total. The average molecular weight is 295 g/mol. The third-order valence-corrected chi connectivity index (χ3v) is 4.59. The van der Waals surface area contributed by atoms with Gasteiger partial charge in [0.1, 0.15) is 0 Å². The fourth-order valence-electron chi connectivity index (χ4n) is 1.46. The molecule has 0 saturated carbocycles. The third-order valence-electron chi connectivity index (χ3n) is 2.92. The Kier molecular flexibility index (Phi) is 5.57. The highest BCUT2D eigenvalue weighted by Gasteiger charge is 2.20. The van der Waals surface area contributed by atoms with Crippen LogP contribution in [0.4, 0.5) is 5.69 Å². The van der Waals surface area contributed by atoms with Crippen molar-refractivity contribution in [3.05, 3.63) is 29.3 Å². The minimum atomic E-state index is -3.55. The number of nitrogens with two attached hydrogens (primary N) is 1. The molecule has 0 aromatic heterocycles. The second kappa shape index (κ2) is 6.75. The van der Waals surface area contributed by atoms with Gasteiger partial charge >= 0.3 is 10.2 Å². The maximum Gasteiger partial charge on any atom is 0.301 e. The lowest BCUT2D eigenvalue weighted by atomic mass is 10.1. The molecule has 20 heavy (non-hydrogen) atoms. The summed E-state index contributed by atoms with van der Waals surface area (Å²) in [5.74, 6) is 5.69. The van der Waals surface area contributed by atoms with Crippen LogP contribution in [0.15, 0.2) is 18.2 Å². The Balaban J connectivity index is 3.05. The molecule has 0 unspecified atom stereocenters. The van der Waals surface area contributed by atoms with Gasteiger partial charge in [-0.15, -0.1) is 0 Å². The number of rotatable bonds is 4. The smallest absolute Gasteiger partial charge is 0.301 e. The van der Waals surface area contributed by atoms with Crippen LogP contribution >= 0.6 is 0 Å².